The summed E-state index contributed by atoms with van der Waals surface area (Å²) in [5.74, 6) is -1.40. The van der Waals surface area contributed by atoms with E-state index in [1.165, 1.54) is 12.3 Å². The molecule has 0 bridgehead atoms. The molecule has 0 radical (unpaired) electrons. The Bertz CT molecular complexity index is 370. The van der Waals surface area contributed by atoms with E-state index in [4.69, 9.17) is 14.6 Å². The molecule has 0 aromatic carbocycles. The van der Waals surface area contributed by atoms with Gasteiger partial charge in [-0.2, -0.15) is 0 Å². The zero-order chi connectivity index (χ0) is 11.4. The third kappa shape index (κ3) is 2.81. The van der Waals surface area contributed by atoms with Crippen LogP contribution >= 0.6 is 0 Å². The van der Waals surface area contributed by atoms with Gasteiger partial charge in [0.05, 0.1) is 18.4 Å². The minimum Gasteiger partial charge on any atom is -0.479 e. The average molecular weight is 213 g/mol. The van der Waals surface area contributed by atoms with Crippen molar-refractivity contribution >= 4 is 11.9 Å². The van der Waals surface area contributed by atoms with Crippen LogP contribution in [0.3, 0.4) is 0 Å². The first kappa shape index (κ1) is 11.3. The van der Waals surface area contributed by atoms with Crippen LogP contribution in [0, 0.1) is 6.92 Å². The quantitative estimate of drug-likeness (QED) is 0.641. The second kappa shape index (κ2) is 4.61. The number of aliphatic hydroxyl groups excluding tert-OH is 1. The van der Waals surface area contributed by atoms with Crippen LogP contribution in [0.15, 0.2) is 16.7 Å². The Kier molecular flexibility index (Phi) is 3.46. The summed E-state index contributed by atoms with van der Waals surface area (Å²) >= 11 is 0. The molecule has 6 heteroatoms. The van der Waals surface area contributed by atoms with E-state index in [1.54, 1.807) is 6.92 Å². The van der Waals surface area contributed by atoms with Gasteiger partial charge in [0.15, 0.2) is 6.10 Å². The summed E-state index contributed by atoms with van der Waals surface area (Å²) < 4.78 is 4.90. The third-order valence-electron chi connectivity index (χ3n) is 1.84. The minimum atomic E-state index is -1.60. The molecule has 1 amide bonds. The first-order valence-corrected chi connectivity index (χ1v) is 4.25. The lowest BCUT2D eigenvalue weighted by molar-refractivity contribution is -0.146. The number of furan rings is 1. The van der Waals surface area contributed by atoms with Gasteiger partial charge in [0.25, 0.3) is 5.91 Å². The van der Waals surface area contributed by atoms with Crippen LogP contribution in [0.2, 0.25) is 0 Å². The molecule has 0 spiro atoms. The molecule has 3 N–H and O–H groups in total. The third-order valence-corrected chi connectivity index (χ3v) is 1.84. The van der Waals surface area contributed by atoms with Gasteiger partial charge in [0.1, 0.15) is 5.76 Å². The van der Waals surface area contributed by atoms with E-state index in [2.05, 4.69) is 5.32 Å². The monoisotopic (exact) mass is 213 g/mol. The topological polar surface area (TPSA) is 99.8 Å². The first-order chi connectivity index (χ1) is 7.02. The van der Waals surface area contributed by atoms with E-state index in [1.807, 2.05) is 0 Å². The number of carboxylic acid groups (broad SMARTS) is 1. The van der Waals surface area contributed by atoms with Crippen molar-refractivity contribution in [3.05, 3.63) is 23.7 Å². The fraction of sp³-hybridized carbons (Fsp3) is 0.333. The lowest BCUT2D eigenvalue weighted by atomic mass is 10.2. The molecule has 0 unspecified atom stereocenters. The number of aliphatic hydroxyl groups is 1. The molecule has 0 fully saturated rings. The Labute approximate surface area is 85.5 Å². The SMILES string of the molecule is Cc1occc1C(=O)NC[C@H](O)C(=O)O. The number of nitrogens with one attached hydrogen (secondary N) is 1. The maximum Gasteiger partial charge on any atom is 0.334 e. The van der Waals surface area contributed by atoms with Gasteiger partial charge in [-0.15, -0.1) is 0 Å². The highest BCUT2D eigenvalue weighted by atomic mass is 16.4. The summed E-state index contributed by atoms with van der Waals surface area (Å²) in [6.45, 7) is 1.28. The van der Waals surface area contributed by atoms with Gasteiger partial charge >= 0.3 is 5.97 Å². The molecule has 1 heterocycles. The second-order valence-electron chi connectivity index (χ2n) is 2.95. The summed E-state index contributed by atoms with van der Waals surface area (Å²) in [6.07, 6.45) is -0.237. The summed E-state index contributed by atoms with van der Waals surface area (Å²) in [4.78, 5) is 21.6. The number of aryl methyl sites for hydroxylation is 1. The molecule has 1 aromatic rings. The van der Waals surface area contributed by atoms with E-state index < -0.39 is 18.0 Å². The molecular weight excluding hydrogens is 202 g/mol. The van der Waals surface area contributed by atoms with Gasteiger partial charge < -0.3 is 19.9 Å². The molecule has 0 saturated heterocycles. The lowest BCUT2D eigenvalue weighted by Gasteiger charge is -2.06. The van der Waals surface area contributed by atoms with Crippen molar-refractivity contribution in [1.29, 1.82) is 0 Å². The van der Waals surface area contributed by atoms with Crippen molar-refractivity contribution in [3.8, 4) is 0 Å². The highest BCUT2D eigenvalue weighted by molar-refractivity contribution is 5.95. The van der Waals surface area contributed by atoms with Crippen LogP contribution in [0.25, 0.3) is 0 Å². The van der Waals surface area contributed by atoms with Crippen molar-refractivity contribution in [2.75, 3.05) is 6.54 Å². The number of hydrogen-bond donors (Lipinski definition) is 3. The molecule has 1 rings (SSSR count). The van der Waals surface area contributed by atoms with Gasteiger partial charge in [-0.05, 0) is 13.0 Å². The van der Waals surface area contributed by atoms with Gasteiger partial charge in [0.2, 0.25) is 0 Å². The molecule has 1 atom stereocenters. The maximum atomic E-state index is 11.4. The standard InChI is InChI=1S/C9H11NO5/c1-5-6(2-3-15-5)8(12)10-4-7(11)9(13)14/h2-3,7,11H,4H2,1H3,(H,10,12)(H,13,14)/t7-/m0/s1. The Morgan fingerprint density at radius 1 is 1.60 bits per heavy atom. The van der Waals surface area contributed by atoms with Crippen molar-refractivity contribution in [3.63, 3.8) is 0 Å². The number of amides is 1. The predicted molar refractivity (Wildman–Crippen MR) is 49.4 cm³/mol. The van der Waals surface area contributed by atoms with Crippen molar-refractivity contribution in [1.82, 2.24) is 5.32 Å². The number of carbonyl (C=O) groups is 2. The van der Waals surface area contributed by atoms with Crippen LogP contribution in [-0.2, 0) is 4.79 Å². The molecular formula is C9H11NO5. The number of aliphatic carboxylic acids is 1. The van der Waals surface area contributed by atoms with Crippen molar-refractivity contribution in [2.45, 2.75) is 13.0 Å². The van der Waals surface area contributed by atoms with Crippen LogP contribution in [0.5, 0.6) is 0 Å². The van der Waals surface area contributed by atoms with Crippen LogP contribution < -0.4 is 5.32 Å². The van der Waals surface area contributed by atoms with Crippen LogP contribution in [0.4, 0.5) is 0 Å². The highest BCUT2D eigenvalue weighted by Crippen LogP contribution is 2.07. The Hall–Kier alpha value is -1.82. The van der Waals surface area contributed by atoms with Gasteiger partial charge in [-0.25, -0.2) is 4.79 Å². The van der Waals surface area contributed by atoms with Crippen molar-refractivity contribution < 1.29 is 24.2 Å². The van der Waals surface area contributed by atoms with Gasteiger partial charge in [-0.1, -0.05) is 0 Å². The zero-order valence-electron chi connectivity index (χ0n) is 8.06. The van der Waals surface area contributed by atoms with Gasteiger partial charge in [-0.3, -0.25) is 4.79 Å². The Morgan fingerprint density at radius 3 is 2.73 bits per heavy atom. The predicted octanol–water partition coefficient (Wildman–Crippen LogP) is -0.237. The molecule has 0 aliphatic rings. The Morgan fingerprint density at radius 2 is 2.27 bits per heavy atom. The van der Waals surface area contributed by atoms with Crippen LogP contribution in [-0.4, -0.2) is 34.7 Å². The van der Waals surface area contributed by atoms with E-state index in [9.17, 15) is 9.59 Å². The number of rotatable bonds is 4. The molecule has 0 aliphatic heterocycles. The summed E-state index contributed by atoms with van der Waals surface area (Å²) in [5, 5.41) is 19.5. The zero-order valence-corrected chi connectivity index (χ0v) is 8.06. The molecule has 0 aliphatic carbocycles. The number of carbonyl (C=O) groups excluding carboxylic acids is 1. The summed E-state index contributed by atoms with van der Waals surface area (Å²) in [5.41, 5.74) is 0.326. The average Bonchev–Trinajstić information content (AvgIpc) is 2.60. The summed E-state index contributed by atoms with van der Waals surface area (Å²) in [7, 11) is 0. The Balaban J connectivity index is 2.51. The molecule has 1 aromatic heterocycles. The molecule has 6 nitrogen and oxygen atoms in total. The number of carboxylic acids is 1. The van der Waals surface area contributed by atoms with Gasteiger partial charge in [0, 0.05) is 0 Å². The molecule has 15 heavy (non-hydrogen) atoms. The lowest BCUT2D eigenvalue weighted by Crippen LogP contribution is -2.36. The smallest absolute Gasteiger partial charge is 0.334 e. The summed E-state index contributed by atoms with van der Waals surface area (Å²) in [6, 6.07) is 1.47. The number of hydrogen-bond acceptors (Lipinski definition) is 4. The largest absolute Gasteiger partial charge is 0.479 e. The van der Waals surface area contributed by atoms with E-state index >= 15 is 0 Å². The van der Waals surface area contributed by atoms with Crippen molar-refractivity contribution in [2.24, 2.45) is 0 Å². The molecule has 0 saturated carbocycles. The van der Waals surface area contributed by atoms with E-state index in [-0.39, 0.29) is 6.54 Å². The minimum absolute atomic E-state index is 0.326. The first-order valence-electron chi connectivity index (χ1n) is 4.25. The van der Waals surface area contributed by atoms with E-state index in [0.717, 1.165) is 0 Å². The normalized spacial score (nSPS) is 12.1. The highest BCUT2D eigenvalue weighted by Gasteiger charge is 2.16. The fourth-order valence-corrected chi connectivity index (χ4v) is 0.992. The maximum absolute atomic E-state index is 11.4. The fourth-order valence-electron chi connectivity index (χ4n) is 0.992. The van der Waals surface area contributed by atoms with E-state index in [0.29, 0.717) is 11.3 Å². The van der Waals surface area contributed by atoms with Crippen LogP contribution in [0.1, 0.15) is 16.1 Å². The molecule has 82 valence electrons. The second-order valence-corrected chi connectivity index (χ2v) is 2.95.